The van der Waals surface area contributed by atoms with Gasteiger partial charge in [-0.3, -0.25) is 18.0 Å². The molecule has 0 aliphatic heterocycles. The third-order valence-electron chi connectivity index (χ3n) is 5.68. The number of unbranched alkanes of at least 4 members (excludes halogenated alkanes) is 14. The molecular formula is C25H37Cl3INO3. The van der Waals surface area contributed by atoms with E-state index >= 15 is 0 Å². The fourth-order valence-electron chi connectivity index (χ4n) is 3.76. The molecule has 0 spiro atoms. The normalized spacial score (nSPS) is 11.0. The predicted octanol–water partition coefficient (Wildman–Crippen LogP) is 9.65. The first-order valence-corrected chi connectivity index (χ1v) is 15.3. The molecule has 4 nitrogen and oxygen atoms in total. The van der Waals surface area contributed by atoms with Gasteiger partial charge in [0, 0.05) is 6.42 Å². The number of benzene rings is 1. The summed E-state index contributed by atoms with van der Waals surface area (Å²) in [6.45, 7) is 2.25. The Morgan fingerprint density at radius 3 is 1.67 bits per heavy atom. The van der Waals surface area contributed by atoms with Gasteiger partial charge in [0.2, 0.25) is 5.91 Å². The average Bonchev–Trinajstić information content (AvgIpc) is 2.78. The van der Waals surface area contributed by atoms with E-state index in [9.17, 15) is 12.7 Å². The lowest BCUT2D eigenvalue weighted by Gasteiger charge is -2.10. The molecule has 0 bridgehead atoms. The van der Waals surface area contributed by atoms with Gasteiger partial charge >= 0.3 is 0 Å². The van der Waals surface area contributed by atoms with Crippen LogP contribution in [-0.2, 0) is 7.86 Å². The van der Waals surface area contributed by atoms with Crippen molar-refractivity contribution < 1.29 is 12.7 Å². The van der Waals surface area contributed by atoms with Crippen molar-refractivity contribution in [2.75, 3.05) is 0 Å². The largest absolute Gasteiger partial charge is 0.292 e. The maximum absolute atomic E-state index is 12.5. The van der Waals surface area contributed by atoms with Gasteiger partial charge in [0.05, 0.1) is 24.2 Å². The molecule has 1 rings (SSSR count). The fourth-order valence-corrected chi connectivity index (χ4v) is 5.91. The molecule has 1 aromatic rings. The Kier molecular flexibility index (Phi) is 17.7. The van der Waals surface area contributed by atoms with Gasteiger partial charge in [-0.25, -0.2) is 0 Å². The lowest BCUT2D eigenvalue weighted by atomic mass is 10.0. The minimum atomic E-state index is -1.75. The zero-order chi connectivity index (χ0) is 24.5. The van der Waals surface area contributed by atoms with E-state index in [0.29, 0.717) is 0 Å². The van der Waals surface area contributed by atoms with E-state index in [-0.39, 0.29) is 36.5 Å². The molecule has 0 aromatic heterocycles. The Balaban J connectivity index is 2.11. The van der Waals surface area contributed by atoms with E-state index < -0.39 is 27.1 Å². The van der Waals surface area contributed by atoms with Gasteiger partial charge in [-0.05, 0) is 12.5 Å². The number of hydrogen-bond acceptors (Lipinski definition) is 3. The van der Waals surface area contributed by atoms with Gasteiger partial charge in [0.25, 0.3) is 5.91 Å². The van der Waals surface area contributed by atoms with Crippen LogP contribution < -0.4 is 5.32 Å². The molecule has 2 amide bonds. The van der Waals surface area contributed by atoms with Crippen molar-refractivity contribution in [2.45, 2.75) is 110 Å². The van der Waals surface area contributed by atoms with Crippen LogP contribution in [0.4, 0.5) is 0 Å². The highest BCUT2D eigenvalue weighted by atomic mass is 127. The van der Waals surface area contributed by atoms with E-state index in [1.165, 1.54) is 83.1 Å². The number of rotatable bonds is 18. The first kappa shape index (κ1) is 30.8. The number of halogens is 4. The molecule has 0 fully saturated rings. The molecule has 0 aliphatic carbocycles. The molecular weight excluding hydrogens is 596 g/mol. The first-order valence-electron chi connectivity index (χ1n) is 12.2. The van der Waals surface area contributed by atoms with Gasteiger partial charge < -0.3 is 0 Å². The van der Waals surface area contributed by atoms with Crippen molar-refractivity contribution in [1.29, 1.82) is 0 Å². The minimum absolute atomic E-state index is 0.0381. The summed E-state index contributed by atoms with van der Waals surface area (Å²) in [6, 6.07) is 1.35. The summed E-state index contributed by atoms with van der Waals surface area (Å²) in [5, 5.41) is 2.48. The van der Waals surface area contributed by atoms with E-state index in [2.05, 4.69) is 12.2 Å². The van der Waals surface area contributed by atoms with Crippen molar-refractivity contribution >= 4 is 67.8 Å². The molecule has 0 aliphatic rings. The predicted molar refractivity (Wildman–Crippen MR) is 147 cm³/mol. The van der Waals surface area contributed by atoms with Crippen molar-refractivity contribution in [1.82, 2.24) is 5.32 Å². The first-order chi connectivity index (χ1) is 15.9. The van der Waals surface area contributed by atoms with E-state index in [0.717, 1.165) is 19.3 Å². The topological polar surface area (TPSA) is 63.2 Å². The summed E-state index contributed by atoms with van der Waals surface area (Å²) in [5.41, 5.74) is -0.0678. The SMILES string of the molecule is CCCCCCCCCCCCCCCCCC(=O)NC(=O)c1c(Cl)c(Cl)cc(Cl)c1I=O. The van der Waals surface area contributed by atoms with Crippen molar-refractivity contribution in [3.63, 3.8) is 0 Å². The fraction of sp³-hybridized carbons (Fsp3) is 0.680. The summed E-state index contributed by atoms with van der Waals surface area (Å²) < 4.78 is 11.7. The van der Waals surface area contributed by atoms with Gasteiger partial charge in [-0.1, -0.05) is 132 Å². The van der Waals surface area contributed by atoms with Crippen LogP contribution in [0.15, 0.2) is 6.07 Å². The Morgan fingerprint density at radius 1 is 0.758 bits per heavy atom. The zero-order valence-electron chi connectivity index (χ0n) is 19.6. The minimum Gasteiger partial charge on any atom is -0.292 e. The molecule has 0 saturated heterocycles. The second-order valence-corrected chi connectivity index (χ2v) is 11.2. The Bertz CT molecular complexity index is 759. The summed E-state index contributed by atoms with van der Waals surface area (Å²) >= 11 is 16.3. The smallest absolute Gasteiger partial charge is 0.260 e. The van der Waals surface area contributed by atoms with Gasteiger partial charge in [0.1, 0.15) is 0 Å². The van der Waals surface area contributed by atoms with Crippen LogP contribution in [0.2, 0.25) is 15.1 Å². The van der Waals surface area contributed by atoms with Crippen LogP contribution in [0.3, 0.4) is 0 Å². The van der Waals surface area contributed by atoms with Crippen molar-refractivity contribution in [2.24, 2.45) is 0 Å². The molecule has 0 saturated carbocycles. The highest BCUT2D eigenvalue weighted by Gasteiger charge is 2.23. The zero-order valence-corrected chi connectivity index (χ0v) is 24.1. The highest BCUT2D eigenvalue weighted by molar-refractivity contribution is 14.1. The lowest BCUT2D eigenvalue weighted by Crippen LogP contribution is -2.31. The van der Waals surface area contributed by atoms with Crippen LogP contribution in [0.5, 0.6) is 0 Å². The van der Waals surface area contributed by atoms with Crippen LogP contribution in [0.25, 0.3) is 0 Å². The quantitative estimate of drug-likeness (QED) is 0.0996. The van der Waals surface area contributed by atoms with E-state index in [1.54, 1.807) is 0 Å². The number of nitrogens with one attached hydrogen (secondary N) is 1. The highest BCUT2D eigenvalue weighted by Crippen LogP contribution is 2.36. The summed E-state index contributed by atoms with van der Waals surface area (Å²) in [7, 11) is 0. The lowest BCUT2D eigenvalue weighted by molar-refractivity contribution is -0.120. The Labute approximate surface area is 224 Å². The molecule has 0 heterocycles. The van der Waals surface area contributed by atoms with Crippen LogP contribution in [0, 0.1) is 3.57 Å². The third kappa shape index (κ3) is 12.9. The van der Waals surface area contributed by atoms with Crippen molar-refractivity contribution in [3.05, 3.63) is 30.3 Å². The number of amides is 2. The standard InChI is InChI=1S/C25H37Cl3INO3/c1-2-3-4-5-6-7-8-9-10-11-12-13-14-15-16-17-21(31)30-25(32)22-23(28)19(26)18-20(27)24(22)29-33/h18H,2-17H2,1H3,(H,30,31,32). The van der Waals surface area contributed by atoms with Crippen molar-refractivity contribution in [3.8, 4) is 0 Å². The molecule has 33 heavy (non-hydrogen) atoms. The number of carbonyl (C=O) groups is 2. The molecule has 0 radical (unpaired) electrons. The maximum atomic E-state index is 12.5. The van der Waals surface area contributed by atoms with Crippen LogP contribution in [-0.4, -0.2) is 11.8 Å². The summed E-state index contributed by atoms with van der Waals surface area (Å²) in [6.07, 6.45) is 19.0. The van der Waals surface area contributed by atoms with E-state index in [1.807, 2.05) is 0 Å². The third-order valence-corrected chi connectivity index (χ3v) is 8.64. The van der Waals surface area contributed by atoms with Gasteiger partial charge in [0.15, 0.2) is 21.2 Å². The molecule has 0 unspecified atom stereocenters. The van der Waals surface area contributed by atoms with Crippen LogP contribution in [0.1, 0.15) is 120 Å². The average molecular weight is 633 g/mol. The second kappa shape index (κ2) is 19.0. The Hall–Kier alpha value is -0.240. The number of hydrogen-bond donors (Lipinski definition) is 1. The van der Waals surface area contributed by atoms with Gasteiger partial charge in [-0.2, -0.15) is 0 Å². The molecule has 1 N–H and O–H groups in total. The summed E-state index contributed by atoms with van der Waals surface area (Å²) in [4.78, 5) is 24.6. The van der Waals surface area contributed by atoms with E-state index in [4.69, 9.17) is 34.8 Å². The molecule has 1 aromatic carbocycles. The molecule has 188 valence electrons. The van der Waals surface area contributed by atoms with Crippen LogP contribution >= 0.6 is 56.0 Å². The van der Waals surface area contributed by atoms with Gasteiger partial charge in [-0.15, -0.1) is 0 Å². The maximum Gasteiger partial charge on any atom is 0.260 e. The Morgan fingerprint density at radius 2 is 1.21 bits per heavy atom. The number of imide groups is 1. The number of carbonyl (C=O) groups excluding carboxylic acids is 2. The molecule has 0 atom stereocenters. The monoisotopic (exact) mass is 631 g/mol. The summed E-state index contributed by atoms with van der Waals surface area (Å²) in [5.74, 6) is -1.09. The second-order valence-electron chi connectivity index (χ2n) is 8.50. The molecule has 8 heteroatoms.